The fraction of sp³-hybridized carbons (Fsp3) is 0.632. The molecule has 0 aromatic carbocycles. The van der Waals surface area contributed by atoms with Gasteiger partial charge < -0.3 is 0 Å². The van der Waals surface area contributed by atoms with Gasteiger partial charge in [-0.1, -0.05) is 36.3 Å². The molecule has 1 nitrogen and oxygen atoms in total. The maximum atomic E-state index is 11.2. The Morgan fingerprint density at radius 1 is 1.40 bits per heavy atom. The summed E-state index contributed by atoms with van der Waals surface area (Å²) in [6.07, 6.45) is 14.4. The lowest BCUT2D eigenvalue weighted by Gasteiger charge is -2.24. The summed E-state index contributed by atoms with van der Waals surface area (Å²) in [4.78, 5) is 11.2. The molecule has 0 heterocycles. The van der Waals surface area contributed by atoms with Crippen molar-refractivity contribution in [3.8, 4) is 0 Å². The number of hydrogen-bond donors (Lipinski definition) is 0. The molecule has 0 aromatic rings. The third-order valence-corrected chi connectivity index (χ3v) is 4.38. The van der Waals surface area contributed by atoms with Crippen LogP contribution in [0.4, 0.5) is 0 Å². The predicted molar refractivity (Wildman–Crippen MR) is 87.7 cm³/mol. The van der Waals surface area contributed by atoms with Crippen molar-refractivity contribution in [1.82, 2.24) is 0 Å². The fourth-order valence-corrected chi connectivity index (χ4v) is 2.87. The molecule has 0 radical (unpaired) electrons. The summed E-state index contributed by atoms with van der Waals surface area (Å²) in [6.45, 7) is 8.88. The van der Waals surface area contributed by atoms with Crippen LogP contribution in [0.1, 0.15) is 66.2 Å². The van der Waals surface area contributed by atoms with Crippen molar-refractivity contribution in [1.29, 1.82) is 0 Å². The van der Waals surface area contributed by atoms with Crippen molar-refractivity contribution in [2.24, 2.45) is 11.8 Å². The van der Waals surface area contributed by atoms with Gasteiger partial charge in [-0.3, -0.25) is 4.79 Å². The van der Waals surface area contributed by atoms with Crippen LogP contribution in [0.5, 0.6) is 0 Å². The van der Waals surface area contributed by atoms with E-state index in [1.54, 1.807) is 0 Å². The van der Waals surface area contributed by atoms with Crippen LogP contribution in [0.3, 0.4) is 0 Å². The molecule has 0 spiro atoms. The summed E-state index contributed by atoms with van der Waals surface area (Å²) in [5.41, 5.74) is 3.86. The number of rotatable bonds is 5. The van der Waals surface area contributed by atoms with Gasteiger partial charge in [0.05, 0.1) is 0 Å². The minimum absolute atomic E-state index is 0.637. The Bertz CT molecular complexity index is 394. The van der Waals surface area contributed by atoms with Crippen molar-refractivity contribution in [2.75, 3.05) is 0 Å². The smallest absolute Gasteiger partial charge is 0.145 e. The Morgan fingerprint density at radius 3 is 2.80 bits per heavy atom. The highest BCUT2D eigenvalue weighted by atomic mass is 16.1. The molecule has 1 aliphatic rings. The second-order valence-corrected chi connectivity index (χ2v) is 6.52. The van der Waals surface area contributed by atoms with E-state index < -0.39 is 0 Å². The van der Waals surface area contributed by atoms with Crippen molar-refractivity contribution >= 4 is 6.29 Å². The Morgan fingerprint density at radius 2 is 2.15 bits per heavy atom. The van der Waals surface area contributed by atoms with E-state index in [4.69, 9.17) is 0 Å². The van der Waals surface area contributed by atoms with Gasteiger partial charge in [-0.15, -0.1) is 0 Å². The SMILES string of the molecule is CC(C)=CCC[C@@H](C)[C@@H]1CC/C(C)=C/C/C=C(/C=O)C1. The summed E-state index contributed by atoms with van der Waals surface area (Å²) in [5.74, 6) is 1.32. The molecule has 0 aromatic heterocycles. The van der Waals surface area contributed by atoms with Crippen LogP contribution >= 0.6 is 0 Å². The molecule has 0 unspecified atom stereocenters. The number of allylic oxidation sites excluding steroid dienone is 6. The van der Waals surface area contributed by atoms with Crippen LogP contribution in [0, 0.1) is 11.8 Å². The molecule has 0 N–H and O–H groups in total. The largest absolute Gasteiger partial charge is 0.298 e. The molecule has 1 aliphatic carbocycles. The fourth-order valence-electron chi connectivity index (χ4n) is 2.87. The monoisotopic (exact) mass is 274 g/mol. The van der Waals surface area contributed by atoms with Gasteiger partial charge in [0.1, 0.15) is 6.29 Å². The van der Waals surface area contributed by atoms with E-state index in [1.165, 1.54) is 30.4 Å². The second kappa shape index (κ2) is 8.94. The van der Waals surface area contributed by atoms with Crippen LogP contribution in [-0.4, -0.2) is 6.29 Å². The summed E-state index contributed by atoms with van der Waals surface area (Å²) in [7, 11) is 0. The summed E-state index contributed by atoms with van der Waals surface area (Å²) >= 11 is 0. The van der Waals surface area contributed by atoms with Crippen LogP contribution in [0.2, 0.25) is 0 Å². The molecule has 112 valence electrons. The first kappa shape index (κ1) is 16.9. The van der Waals surface area contributed by atoms with Crippen molar-refractivity contribution in [2.45, 2.75) is 66.2 Å². The molecule has 1 rings (SSSR count). The van der Waals surface area contributed by atoms with Gasteiger partial charge in [0.15, 0.2) is 0 Å². The van der Waals surface area contributed by atoms with Crippen LogP contribution in [0.15, 0.2) is 34.9 Å². The van der Waals surface area contributed by atoms with Crippen molar-refractivity contribution in [3.05, 3.63) is 34.9 Å². The first-order valence-electron chi connectivity index (χ1n) is 7.96. The molecular weight excluding hydrogens is 244 g/mol. The Labute approximate surface area is 124 Å². The quantitative estimate of drug-likeness (QED) is 0.469. The molecule has 0 bridgehead atoms. The standard InChI is InChI=1S/C19H30O/c1-15(2)7-5-9-17(4)19-12-11-16(3)8-6-10-18(13-19)14-20/h7-8,10,14,17,19H,5-6,9,11-13H2,1-4H3/b16-8+,18-10+/t17-,19-/m1/s1. The lowest BCUT2D eigenvalue weighted by molar-refractivity contribution is -0.105. The predicted octanol–water partition coefficient (Wildman–Crippen LogP) is 5.63. The number of carbonyl (C=O) groups excluding carboxylic acids is 1. The molecular formula is C19H30O. The van der Waals surface area contributed by atoms with Gasteiger partial charge in [0, 0.05) is 0 Å². The molecule has 0 amide bonds. The molecule has 20 heavy (non-hydrogen) atoms. The van der Waals surface area contributed by atoms with E-state index in [2.05, 4.69) is 45.9 Å². The Hall–Kier alpha value is -1.11. The zero-order valence-electron chi connectivity index (χ0n) is 13.6. The molecule has 2 atom stereocenters. The number of aldehydes is 1. The third-order valence-electron chi connectivity index (χ3n) is 4.38. The summed E-state index contributed by atoms with van der Waals surface area (Å²) in [5, 5.41) is 0. The van der Waals surface area contributed by atoms with Gasteiger partial charge in [-0.25, -0.2) is 0 Å². The third kappa shape index (κ3) is 6.36. The normalized spacial score (nSPS) is 26.9. The maximum absolute atomic E-state index is 11.2. The van der Waals surface area contributed by atoms with Crippen molar-refractivity contribution < 1.29 is 4.79 Å². The highest BCUT2D eigenvalue weighted by Gasteiger charge is 2.19. The zero-order chi connectivity index (χ0) is 15.0. The van der Waals surface area contributed by atoms with Crippen LogP contribution < -0.4 is 0 Å². The van der Waals surface area contributed by atoms with Crippen LogP contribution in [0.25, 0.3) is 0 Å². The molecule has 0 saturated carbocycles. The highest BCUT2D eigenvalue weighted by molar-refractivity contribution is 5.73. The molecule has 0 fully saturated rings. The second-order valence-electron chi connectivity index (χ2n) is 6.52. The van der Waals surface area contributed by atoms with Gasteiger partial charge in [0.2, 0.25) is 0 Å². The van der Waals surface area contributed by atoms with E-state index in [9.17, 15) is 4.79 Å². The topological polar surface area (TPSA) is 17.1 Å². The minimum atomic E-state index is 0.637. The van der Waals surface area contributed by atoms with E-state index in [1.807, 2.05) is 0 Å². The van der Waals surface area contributed by atoms with Crippen molar-refractivity contribution in [3.63, 3.8) is 0 Å². The van der Waals surface area contributed by atoms with Gasteiger partial charge in [-0.05, 0) is 76.7 Å². The Kier molecular flexibility index (Phi) is 7.58. The lowest BCUT2D eigenvalue weighted by atomic mass is 9.81. The maximum Gasteiger partial charge on any atom is 0.145 e. The first-order chi connectivity index (χ1) is 9.52. The molecule has 1 heteroatoms. The van der Waals surface area contributed by atoms with E-state index in [0.29, 0.717) is 11.8 Å². The lowest BCUT2D eigenvalue weighted by Crippen LogP contribution is -2.13. The molecule has 0 aliphatic heterocycles. The van der Waals surface area contributed by atoms with E-state index in [-0.39, 0.29) is 0 Å². The average molecular weight is 274 g/mol. The minimum Gasteiger partial charge on any atom is -0.298 e. The van der Waals surface area contributed by atoms with Gasteiger partial charge >= 0.3 is 0 Å². The van der Waals surface area contributed by atoms with Gasteiger partial charge in [-0.2, -0.15) is 0 Å². The number of carbonyl (C=O) groups is 1. The van der Waals surface area contributed by atoms with E-state index in [0.717, 1.165) is 31.1 Å². The van der Waals surface area contributed by atoms with Gasteiger partial charge in [0.25, 0.3) is 0 Å². The summed E-state index contributed by atoms with van der Waals surface area (Å²) < 4.78 is 0. The zero-order valence-corrected chi connectivity index (χ0v) is 13.6. The van der Waals surface area contributed by atoms with E-state index >= 15 is 0 Å². The first-order valence-corrected chi connectivity index (χ1v) is 7.96. The number of hydrogen-bond acceptors (Lipinski definition) is 1. The highest BCUT2D eigenvalue weighted by Crippen LogP contribution is 2.30. The molecule has 0 saturated heterocycles. The summed E-state index contributed by atoms with van der Waals surface area (Å²) in [6, 6.07) is 0. The Balaban J connectivity index is 2.67. The average Bonchev–Trinajstić information content (AvgIpc) is 2.48. The van der Waals surface area contributed by atoms with Crippen LogP contribution in [-0.2, 0) is 4.79 Å².